The van der Waals surface area contributed by atoms with E-state index in [1.165, 1.54) is 83.3 Å². The number of thiophene rings is 2. The van der Waals surface area contributed by atoms with Crippen LogP contribution in [0.4, 0.5) is 17.1 Å². The Morgan fingerprint density at radius 1 is 0.345 bits per heavy atom. The first kappa shape index (κ1) is 33.6. The number of hydrogen-bond donors (Lipinski definition) is 0. The average Bonchev–Trinajstić information content (AvgIpc) is 3.95. The smallest absolute Gasteiger partial charge is 0.181 e. The lowest BCUT2D eigenvalue weighted by molar-refractivity contribution is 1.29. The van der Waals surface area contributed by atoms with Gasteiger partial charge in [-0.2, -0.15) is 0 Å². The van der Waals surface area contributed by atoms with Crippen molar-refractivity contribution in [3.63, 3.8) is 0 Å². The third kappa shape index (κ3) is 4.99. The summed E-state index contributed by atoms with van der Waals surface area (Å²) in [7, 11) is -2.81. The first-order valence-electron chi connectivity index (χ1n) is 19.8. The van der Waals surface area contributed by atoms with Crippen molar-refractivity contribution >= 4 is 109 Å². The second kappa shape index (κ2) is 13.3. The minimum atomic E-state index is -2.81. The van der Waals surface area contributed by atoms with E-state index in [4.69, 9.17) is 0 Å². The molecule has 0 N–H and O–H groups in total. The van der Waals surface area contributed by atoms with Gasteiger partial charge in [0.1, 0.15) is 0 Å². The fourth-order valence-corrected chi connectivity index (χ4v) is 17.3. The van der Waals surface area contributed by atoms with Gasteiger partial charge in [-0.1, -0.05) is 164 Å². The van der Waals surface area contributed by atoms with Crippen molar-refractivity contribution < 1.29 is 0 Å². The minimum absolute atomic E-state index is 1.13. The van der Waals surface area contributed by atoms with Gasteiger partial charge in [-0.05, 0) is 91.5 Å². The number of fused-ring (bicyclic) bond motifs is 10. The molecule has 0 saturated carbocycles. The SMILES string of the molecule is c1ccc(-c2ccc(N(c3ccc4c(c3)[Si](c3ccccc3)(c3ccccc3)c3ccc5c(sc6ccccc65)c3-4)c3ccc4c(c3)sc3ccccc34)cc2)cc1. The number of hydrogen-bond acceptors (Lipinski definition) is 3. The highest BCUT2D eigenvalue weighted by atomic mass is 32.1. The maximum Gasteiger partial charge on any atom is 0.181 e. The van der Waals surface area contributed by atoms with Crippen molar-refractivity contribution in [2.75, 3.05) is 4.90 Å². The van der Waals surface area contributed by atoms with E-state index in [1.54, 1.807) is 0 Å². The van der Waals surface area contributed by atoms with E-state index in [0.29, 0.717) is 0 Å². The Morgan fingerprint density at radius 3 is 1.57 bits per heavy atom. The highest BCUT2D eigenvalue weighted by Gasteiger charge is 2.49. The Bertz CT molecular complexity index is 3290. The van der Waals surface area contributed by atoms with E-state index in [1.807, 2.05) is 22.7 Å². The van der Waals surface area contributed by atoms with Crippen molar-refractivity contribution in [2.45, 2.75) is 0 Å². The zero-order valence-electron chi connectivity index (χ0n) is 31.5. The summed E-state index contributed by atoms with van der Waals surface area (Å²) in [5.74, 6) is 0. The van der Waals surface area contributed by atoms with Crippen LogP contribution < -0.4 is 25.6 Å². The zero-order valence-corrected chi connectivity index (χ0v) is 34.1. The second-order valence-electron chi connectivity index (χ2n) is 15.2. The number of benzene rings is 9. The van der Waals surface area contributed by atoms with Crippen molar-refractivity contribution in [2.24, 2.45) is 0 Å². The van der Waals surface area contributed by atoms with Crippen molar-refractivity contribution in [1.82, 2.24) is 0 Å². The molecule has 11 aromatic rings. The molecule has 58 heavy (non-hydrogen) atoms. The molecule has 0 atom stereocenters. The van der Waals surface area contributed by atoms with Gasteiger partial charge in [-0.3, -0.25) is 0 Å². The zero-order chi connectivity index (χ0) is 38.2. The van der Waals surface area contributed by atoms with Gasteiger partial charge in [0.15, 0.2) is 8.07 Å². The van der Waals surface area contributed by atoms with Gasteiger partial charge in [-0.15, -0.1) is 22.7 Å². The number of rotatable bonds is 6. The van der Waals surface area contributed by atoms with Gasteiger partial charge in [0.2, 0.25) is 0 Å². The molecule has 1 aliphatic rings. The van der Waals surface area contributed by atoms with Crippen molar-refractivity contribution in [3.05, 3.63) is 212 Å². The van der Waals surface area contributed by atoms with Gasteiger partial charge < -0.3 is 4.90 Å². The van der Waals surface area contributed by atoms with Crippen LogP contribution in [0.1, 0.15) is 0 Å². The summed E-state index contributed by atoms with van der Waals surface area (Å²) in [6.45, 7) is 0. The van der Waals surface area contributed by atoms with Crippen LogP contribution in [0.3, 0.4) is 0 Å². The van der Waals surface area contributed by atoms with E-state index in [-0.39, 0.29) is 0 Å². The van der Waals surface area contributed by atoms with Gasteiger partial charge in [0, 0.05) is 57.4 Å². The molecule has 0 saturated heterocycles. The van der Waals surface area contributed by atoms with E-state index in [9.17, 15) is 0 Å². The third-order valence-electron chi connectivity index (χ3n) is 12.2. The van der Waals surface area contributed by atoms with E-state index in [2.05, 4.69) is 217 Å². The summed E-state index contributed by atoms with van der Waals surface area (Å²) < 4.78 is 5.34. The highest BCUT2D eigenvalue weighted by molar-refractivity contribution is 7.28. The van der Waals surface area contributed by atoms with Crippen LogP contribution in [0.5, 0.6) is 0 Å². The van der Waals surface area contributed by atoms with Crippen LogP contribution in [0.2, 0.25) is 0 Å². The molecule has 0 fully saturated rings. The molecule has 1 aliphatic heterocycles. The maximum absolute atomic E-state index is 2.81. The lowest BCUT2D eigenvalue weighted by atomic mass is 10.0. The number of nitrogens with zero attached hydrogens (tertiary/aromatic N) is 1. The van der Waals surface area contributed by atoms with E-state index >= 15 is 0 Å². The molecule has 4 heteroatoms. The molecule has 0 bridgehead atoms. The van der Waals surface area contributed by atoms with Gasteiger partial charge in [0.25, 0.3) is 0 Å². The van der Waals surface area contributed by atoms with Gasteiger partial charge >= 0.3 is 0 Å². The Morgan fingerprint density at radius 2 is 0.862 bits per heavy atom. The van der Waals surface area contributed by atoms with E-state index in [0.717, 1.165) is 17.1 Å². The molecule has 1 nitrogen and oxygen atoms in total. The largest absolute Gasteiger partial charge is 0.310 e. The quantitative estimate of drug-likeness (QED) is 0.152. The normalized spacial score (nSPS) is 13.0. The number of anilines is 3. The molecule has 272 valence electrons. The highest BCUT2D eigenvalue weighted by Crippen LogP contribution is 2.45. The predicted molar refractivity (Wildman–Crippen MR) is 255 cm³/mol. The van der Waals surface area contributed by atoms with Crippen LogP contribution in [0, 0.1) is 0 Å². The Hall–Kier alpha value is -6.56. The fourth-order valence-electron chi connectivity index (χ4n) is 9.61. The van der Waals surface area contributed by atoms with Gasteiger partial charge in [-0.25, -0.2) is 0 Å². The van der Waals surface area contributed by atoms with Crippen LogP contribution in [0.15, 0.2) is 212 Å². The van der Waals surface area contributed by atoms with Crippen LogP contribution in [0.25, 0.3) is 62.6 Å². The lowest BCUT2D eigenvalue weighted by Crippen LogP contribution is -2.72. The summed E-state index contributed by atoms with van der Waals surface area (Å²) in [5, 5.41) is 11.0. The summed E-state index contributed by atoms with van der Waals surface area (Å²) in [6, 6.07) is 79.5. The summed E-state index contributed by atoms with van der Waals surface area (Å²) >= 11 is 3.81. The van der Waals surface area contributed by atoms with Crippen molar-refractivity contribution in [1.29, 1.82) is 0 Å². The summed E-state index contributed by atoms with van der Waals surface area (Å²) in [6.07, 6.45) is 0. The van der Waals surface area contributed by atoms with E-state index < -0.39 is 8.07 Å². The molecule has 12 rings (SSSR count). The standard InChI is InChI=1S/C54H35NS2Si/c1-4-14-36(15-5-1)37-24-26-38(27-25-37)55(39-28-30-45-43-20-10-12-22-48(43)56-50(45)34-39)40-29-31-47-52(35-40)58(41-16-6-2-7-17-41,42-18-8-3-9-19-42)51-33-32-46-44-21-11-13-23-49(44)57-54(46)53(47)51/h1-35H. The van der Waals surface area contributed by atoms with Crippen LogP contribution >= 0.6 is 22.7 Å². The molecule has 3 heterocycles. The molecular formula is C54H35NS2Si. The monoisotopic (exact) mass is 789 g/mol. The molecule has 0 amide bonds. The Balaban J connectivity index is 1.14. The molecule has 0 unspecified atom stereocenters. The molecule has 0 aliphatic carbocycles. The molecule has 2 aromatic heterocycles. The first-order valence-corrected chi connectivity index (χ1v) is 23.5. The fraction of sp³-hybridized carbons (Fsp3) is 0. The molecular weight excluding hydrogens is 755 g/mol. The van der Waals surface area contributed by atoms with Crippen molar-refractivity contribution in [3.8, 4) is 22.3 Å². The molecule has 9 aromatic carbocycles. The Labute approximate surface area is 346 Å². The minimum Gasteiger partial charge on any atom is -0.310 e. The second-order valence-corrected chi connectivity index (χ2v) is 21.1. The lowest BCUT2D eigenvalue weighted by Gasteiger charge is -2.32. The van der Waals surface area contributed by atoms with Gasteiger partial charge in [0.05, 0.1) is 0 Å². The Kier molecular flexibility index (Phi) is 7.67. The maximum atomic E-state index is 2.56. The topological polar surface area (TPSA) is 3.24 Å². The van der Waals surface area contributed by atoms with Crippen LogP contribution in [-0.4, -0.2) is 8.07 Å². The summed E-state index contributed by atoms with van der Waals surface area (Å²) in [4.78, 5) is 2.48. The average molecular weight is 790 g/mol. The third-order valence-corrected chi connectivity index (χ3v) is 19.3. The summed E-state index contributed by atoms with van der Waals surface area (Å²) in [5.41, 5.74) is 8.64. The predicted octanol–water partition coefficient (Wildman–Crippen LogP) is 12.9. The molecule has 0 spiro atoms. The first-order chi connectivity index (χ1) is 28.8. The van der Waals surface area contributed by atoms with Crippen LogP contribution in [-0.2, 0) is 0 Å². The molecule has 0 radical (unpaired) electrons.